The van der Waals surface area contributed by atoms with Crippen LogP contribution in [0.1, 0.15) is 13.3 Å². The van der Waals surface area contributed by atoms with Crippen LogP contribution in [0.2, 0.25) is 0 Å². The van der Waals surface area contributed by atoms with E-state index in [4.69, 9.17) is 9.66 Å². The Morgan fingerprint density at radius 1 is 1.46 bits per heavy atom. The van der Waals surface area contributed by atoms with Crippen LogP contribution in [0.25, 0.3) is 0 Å². The molecule has 0 aromatic rings. The Labute approximate surface area is 90.3 Å². The summed E-state index contributed by atoms with van der Waals surface area (Å²) >= 11 is 7.76. The lowest BCUT2D eigenvalue weighted by molar-refractivity contribution is 0.302. The van der Waals surface area contributed by atoms with Crippen LogP contribution in [-0.4, -0.2) is 41.4 Å². The maximum absolute atomic E-state index is 9.79. The van der Waals surface area contributed by atoms with E-state index in [1.807, 2.05) is 0 Å². The molecule has 1 unspecified atom stereocenters. The highest BCUT2D eigenvalue weighted by molar-refractivity contribution is 7.85. The number of thiol groups is 2. The van der Waals surface area contributed by atoms with Crippen molar-refractivity contribution in [2.24, 2.45) is 0 Å². The summed E-state index contributed by atoms with van der Waals surface area (Å²) in [5.74, 6) is 0.507. The van der Waals surface area contributed by atoms with Crippen LogP contribution in [0.4, 0.5) is 0 Å². The first kappa shape index (κ1) is 16.0. The fraction of sp³-hybridized carbons (Fsp3) is 1.00. The minimum absolute atomic E-state index is 0.0494. The van der Waals surface area contributed by atoms with Crippen molar-refractivity contribution >= 4 is 35.4 Å². The molecule has 0 spiro atoms. The van der Waals surface area contributed by atoms with Crippen LogP contribution in [0, 0.1) is 0 Å². The lowest BCUT2D eigenvalue weighted by Crippen LogP contribution is -2.04. The molecule has 0 aromatic carbocycles. The Hall–Kier alpha value is 0.570. The van der Waals surface area contributed by atoms with Gasteiger partial charge in [-0.05, 0) is 6.42 Å². The molecule has 0 bridgehead atoms. The van der Waals surface area contributed by atoms with Crippen molar-refractivity contribution in [3.05, 3.63) is 0 Å². The van der Waals surface area contributed by atoms with Gasteiger partial charge in [0.25, 0.3) is 10.1 Å². The number of aliphatic hydroxyl groups excluding tert-OH is 1. The van der Waals surface area contributed by atoms with E-state index in [1.165, 1.54) is 0 Å². The number of hydrogen-bond acceptors (Lipinski definition) is 5. The van der Waals surface area contributed by atoms with Gasteiger partial charge < -0.3 is 5.11 Å². The van der Waals surface area contributed by atoms with Crippen molar-refractivity contribution in [1.82, 2.24) is 0 Å². The first-order valence-electron chi connectivity index (χ1n) is 3.72. The first-order valence-corrected chi connectivity index (χ1v) is 6.48. The molecule has 0 saturated carbocycles. The summed E-state index contributed by atoms with van der Waals surface area (Å²) in [5.41, 5.74) is 0. The second kappa shape index (κ2) is 9.14. The molecular weight excluding hydrogens is 232 g/mol. The van der Waals surface area contributed by atoms with E-state index in [-0.39, 0.29) is 17.6 Å². The lowest BCUT2D eigenvalue weighted by atomic mass is 10.5. The van der Waals surface area contributed by atoms with Crippen molar-refractivity contribution in [2.45, 2.75) is 18.6 Å². The summed E-state index contributed by atoms with van der Waals surface area (Å²) in [6.45, 7) is 1.81. The second-order valence-electron chi connectivity index (χ2n) is 2.31. The Morgan fingerprint density at radius 2 is 1.92 bits per heavy atom. The molecule has 0 aliphatic rings. The third-order valence-electron chi connectivity index (χ3n) is 0.884. The molecule has 0 aromatic heterocycles. The van der Waals surface area contributed by atoms with Gasteiger partial charge in [0.05, 0.1) is 12.4 Å². The van der Waals surface area contributed by atoms with Crippen LogP contribution in [-0.2, 0) is 10.1 Å². The van der Waals surface area contributed by atoms with Crippen molar-refractivity contribution < 1.29 is 18.1 Å². The van der Waals surface area contributed by atoms with Crippen molar-refractivity contribution in [1.29, 1.82) is 0 Å². The predicted octanol–water partition coefficient (Wildman–Crippen LogP) is 0.491. The van der Waals surface area contributed by atoms with Crippen LogP contribution >= 0.6 is 25.3 Å². The first-order chi connectivity index (χ1) is 5.87. The van der Waals surface area contributed by atoms with E-state index in [0.29, 0.717) is 12.2 Å². The van der Waals surface area contributed by atoms with Gasteiger partial charge in [0.15, 0.2) is 0 Å². The predicted molar refractivity (Wildman–Crippen MR) is 60.4 cm³/mol. The Bertz CT molecular complexity index is 186. The van der Waals surface area contributed by atoms with E-state index in [2.05, 4.69) is 25.3 Å². The fourth-order valence-electron chi connectivity index (χ4n) is 0.316. The maximum Gasteiger partial charge on any atom is 0.264 e. The Morgan fingerprint density at radius 3 is 1.92 bits per heavy atom. The SMILES string of the molecule is CCCS(=O)(=O)O.OCC(S)CS. The summed E-state index contributed by atoms with van der Waals surface area (Å²) in [7, 11) is -3.67. The normalized spacial score (nSPS) is 13.0. The zero-order valence-electron chi connectivity index (χ0n) is 7.42. The molecule has 0 saturated heterocycles. The summed E-state index contributed by atoms with van der Waals surface area (Å²) in [5, 5.41) is 8.26. The molecule has 4 nitrogen and oxygen atoms in total. The molecular formula is C6H16O4S3. The van der Waals surface area contributed by atoms with Gasteiger partial charge in [-0.25, -0.2) is 0 Å². The van der Waals surface area contributed by atoms with Gasteiger partial charge in [-0.2, -0.15) is 33.7 Å². The van der Waals surface area contributed by atoms with E-state index in [0.717, 1.165) is 0 Å². The number of aliphatic hydroxyl groups is 1. The van der Waals surface area contributed by atoms with Crippen LogP contribution in [0.3, 0.4) is 0 Å². The third kappa shape index (κ3) is 19.1. The molecule has 0 aliphatic heterocycles. The van der Waals surface area contributed by atoms with Gasteiger partial charge in [0, 0.05) is 11.0 Å². The van der Waals surface area contributed by atoms with Crippen LogP contribution < -0.4 is 0 Å². The van der Waals surface area contributed by atoms with Gasteiger partial charge in [-0.3, -0.25) is 4.55 Å². The fourth-order valence-corrected chi connectivity index (χ4v) is 0.947. The number of rotatable bonds is 4. The molecule has 2 N–H and O–H groups in total. The van der Waals surface area contributed by atoms with Crippen LogP contribution in [0.15, 0.2) is 0 Å². The maximum atomic E-state index is 9.79. The van der Waals surface area contributed by atoms with Crippen molar-refractivity contribution in [3.8, 4) is 0 Å². The molecule has 0 amide bonds. The molecule has 0 rings (SSSR count). The second-order valence-corrected chi connectivity index (χ2v) is 4.97. The van der Waals surface area contributed by atoms with Crippen molar-refractivity contribution in [2.75, 3.05) is 18.1 Å². The summed E-state index contributed by atoms with van der Waals surface area (Å²) in [6, 6.07) is 0. The largest absolute Gasteiger partial charge is 0.395 e. The molecule has 0 fully saturated rings. The van der Waals surface area contributed by atoms with E-state index >= 15 is 0 Å². The van der Waals surface area contributed by atoms with E-state index < -0.39 is 10.1 Å². The monoisotopic (exact) mass is 248 g/mol. The Balaban J connectivity index is 0. The molecule has 0 heterocycles. The number of hydrogen-bond donors (Lipinski definition) is 4. The van der Waals surface area contributed by atoms with Gasteiger partial charge in [0.2, 0.25) is 0 Å². The highest BCUT2D eigenvalue weighted by Gasteiger charge is 1.98. The molecule has 7 heteroatoms. The van der Waals surface area contributed by atoms with Crippen molar-refractivity contribution in [3.63, 3.8) is 0 Å². The smallest absolute Gasteiger partial charge is 0.264 e. The third-order valence-corrected chi connectivity index (χ3v) is 2.88. The minimum Gasteiger partial charge on any atom is -0.395 e. The average molecular weight is 248 g/mol. The molecule has 0 radical (unpaired) electrons. The Kier molecular flexibility index (Phi) is 11.3. The molecule has 0 aliphatic carbocycles. The zero-order valence-corrected chi connectivity index (χ0v) is 10.0. The topological polar surface area (TPSA) is 74.6 Å². The van der Waals surface area contributed by atoms with Gasteiger partial charge in [-0.15, -0.1) is 0 Å². The minimum atomic E-state index is -3.67. The summed E-state index contributed by atoms with van der Waals surface area (Å²) < 4.78 is 27.6. The summed E-state index contributed by atoms with van der Waals surface area (Å²) in [6.07, 6.45) is 0.471. The van der Waals surface area contributed by atoms with E-state index in [9.17, 15) is 8.42 Å². The van der Waals surface area contributed by atoms with Crippen LogP contribution in [0.5, 0.6) is 0 Å². The average Bonchev–Trinajstić information content (AvgIpc) is 2.02. The standard InChI is InChI=1S/C3H8O3S.C3H8OS2/c1-2-3-7(4,5)6;4-1-3(6)2-5/h2-3H2,1H3,(H,4,5,6);3-6H,1-2H2. The summed E-state index contributed by atoms with van der Waals surface area (Å²) in [4.78, 5) is 0. The molecule has 1 atom stereocenters. The van der Waals surface area contributed by atoms with Gasteiger partial charge in [0.1, 0.15) is 0 Å². The zero-order chi connectivity index (χ0) is 10.9. The van der Waals surface area contributed by atoms with Gasteiger partial charge in [-0.1, -0.05) is 6.92 Å². The highest BCUT2D eigenvalue weighted by atomic mass is 32.2. The lowest BCUT2D eigenvalue weighted by Gasteiger charge is -1.96. The highest BCUT2D eigenvalue weighted by Crippen LogP contribution is 1.93. The molecule has 13 heavy (non-hydrogen) atoms. The van der Waals surface area contributed by atoms with Gasteiger partial charge >= 0.3 is 0 Å². The van der Waals surface area contributed by atoms with E-state index in [1.54, 1.807) is 6.92 Å². The molecule has 82 valence electrons. The quantitative estimate of drug-likeness (QED) is 0.431.